The van der Waals surface area contributed by atoms with Gasteiger partial charge in [-0.1, -0.05) is 30.3 Å². The van der Waals surface area contributed by atoms with Crippen molar-refractivity contribution in [2.75, 3.05) is 0 Å². The van der Waals surface area contributed by atoms with Gasteiger partial charge in [0.2, 0.25) is 0 Å². The van der Waals surface area contributed by atoms with Gasteiger partial charge in [-0.05, 0) is 5.56 Å². The number of carbonyl (C=O) groups excluding carboxylic acids is 1. The second-order valence-electron chi connectivity index (χ2n) is 4.06. The third kappa shape index (κ3) is 1.91. The van der Waals surface area contributed by atoms with E-state index in [-0.39, 0.29) is 18.1 Å². The minimum Gasteiger partial charge on any atom is -0.361 e. The summed E-state index contributed by atoms with van der Waals surface area (Å²) < 4.78 is 0. The van der Waals surface area contributed by atoms with Crippen molar-refractivity contribution in [3.05, 3.63) is 35.9 Å². The molecule has 17 heavy (non-hydrogen) atoms. The Labute approximate surface area is 98.7 Å². The van der Waals surface area contributed by atoms with Crippen molar-refractivity contribution in [1.29, 1.82) is 0 Å². The van der Waals surface area contributed by atoms with Crippen LogP contribution in [0, 0.1) is 0 Å². The highest BCUT2D eigenvalue weighted by Gasteiger charge is 2.34. The Kier molecular flexibility index (Phi) is 2.36. The van der Waals surface area contributed by atoms with Crippen molar-refractivity contribution in [3.8, 4) is 0 Å². The maximum Gasteiger partial charge on any atom is 0.252 e. The van der Waals surface area contributed by atoms with E-state index in [4.69, 9.17) is 0 Å². The van der Waals surface area contributed by atoms with Crippen molar-refractivity contribution >= 4 is 18.1 Å². The van der Waals surface area contributed by atoms with E-state index in [1.54, 1.807) is 6.34 Å². The van der Waals surface area contributed by atoms with Crippen molar-refractivity contribution in [1.82, 2.24) is 10.6 Å². The molecule has 0 bridgehead atoms. The summed E-state index contributed by atoms with van der Waals surface area (Å²) in [5.41, 5.74) is 1.12. The predicted molar refractivity (Wildman–Crippen MR) is 64.9 cm³/mol. The smallest absolute Gasteiger partial charge is 0.252 e. The fourth-order valence-corrected chi connectivity index (χ4v) is 1.98. The molecule has 2 aliphatic rings. The van der Waals surface area contributed by atoms with Gasteiger partial charge in [0, 0.05) is 6.42 Å². The quantitative estimate of drug-likeness (QED) is 0.753. The van der Waals surface area contributed by atoms with Gasteiger partial charge < -0.3 is 10.6 Å². The van der Waals surface area contributed by atoms with Crippen LogP contribution >= 0.6 is 0 Å². The molecule has 0 saturated carbocycles. The van der Waals surface area contributed by atoms with Gasteiger partial charge in [-0.3, -0.25) is 4.79 Å². The van der Waals surface area contributed by atoms with Crippen LogP contribution in [0.15, 0.2) is 40.3 Å². The maximum absolute atomic E-state index is 11.7. The molecule has 2 heterocycles. The summed E-state index contributed by atoms with van der Waals surface area (Å²) in [5, 5.41) is 5.69. The summed E-state index contributed by atoms with van der Waals surface area (Å²) in [5.74, 6) is 0.622. The van der Waals surface area contributed by atoms with E-state index in [9.17, 15) is 4.79 Å². The number of nitrogens with one attached hydrogen (secondary N) is 2. The van der Waals surface area contributed by atoms with Crippen LogP contribution < -0.4 is 10.6 Å². The van der Waals surface area contributed by atoms with Gasteiger partial charge in [-0.25, -0.2) is 9.98 Å². The van der Waals surface area contributed by atoms with Gasteiger partial charge in [-0.15, -0.1) is 0 Å². The molecule has 5 nitrogen and oxygen atoms in total. The monoisotopic (exact) mass is 228 g/mol. The fourth-order valence-electron chi connectivity index (χ4n) is 1.98. The van der Waals surface area contributed by atoms with Crippen LogP contribution in [0.3, 0.4) is 0 Å². The fraction of sp³-hybridized carbons (Fsp3) is 0.250. The van der Waals surface area contributed by atoms with Crippen LogP contribution in [-0.4, -0.2) is 30.3 Å². The molecule has 0 spiro atoms. The molecule has 0 aromatic heterocycles. The van der Waals surface area contributed by atoms with Crippen molar-refractivity contribution in [3.63, 3.8) is 0 Å². The summed E-state index contributed by atoms with van der Waals surface area (Å²) in [6.45, 7) is 0. The summed E-state index contributed by atoms with van der Waals surface area (Å²) >= 11 is 0. The molecule has 1 aromatic rings. The van der Waals surface area contributed by atoms with Gasteiger partial charge in [0.1, 0.15) is 11.9 Å². The van der Waals surface area contributed by atoms with Gasteiger partial charge in [0.05, 0.1) is 6.34 Å². The molecule has 0 aliphatic carbocycles. The number of hydrogen-bond donors (Lipinski definition) is 2. The summed E-state index contributed by atoms with van der Waals surface area (Å²) in [6, 6.07) is 9.59. The van der Waals surface area contributed by atoms with E-state index in [2.05, 4.69) is 20.6 Å². The molecular formula is C12H12N4O. The Morgan fingerprint density at radius 3 is 2.88 bits per heavy atom. The maximum atomic E-state index is 11.7. The Hall–Kier alpha value is -2.17. The molecule has 3 rings (SSSR count). The second kappa shape index (κ2) is 4.01. The first-order valence-corrected chi connectivity index (χ1v) is 5.52. The Morgan fingerprint density at radius 2 is 2.06 bits per heavy atom. The normalized spacial score (nSPS) is 25.9. The Bertz CT molecular complexity index is 494. The lowest BCUT2D eigenvalue weighted by molar-refractivity contribution is -0.121. The van der Waals surface area contributed by atoms with E-state index >= 15 is 0 Å². The van der Waals surface area contributed by atoms with Crippen molar-refractivity contribution < 1.29 is 4.79 Å². The topological polar surface area (TPSA) is 65.8 Å². The average molecular weight is 228 g/mol. The van der Waals surface area contributed by atoms with Gasteiger partial charge in [0.15, 0.2) is 6.17 Å². The zero-order valence-corrected chi connectivity index (χ0v) is 9.13. The predicted octanol–water partition coefficient (Wildman–Crippen LogP) is 0.0836. The number of nitrogens with zero attached hydrogens (tertiary/aromatic N) is 2. The molecule has 5 heteroatoms. The number of benzene rings is 1. The number of rotatable bonds is 2. The second-order valence-corrected chi connectivity index (χ2v) is 4.06. The van der Waals surface area contributed by atoms with E-state index < -0.39 is 0 Å². The lowest BCUT2D eigenvalue weighted by Gasteiger charge is -2.22. The van der Waals surface area contributed by atoms with Crippen LogP contribution in [0.4, 0.5) is 0 Å². The molecule has 2 unspecified atom stereocenters. The van der Waals surface area contributed by atoms with E-state index in [1.807, 2.05) is 30.3 Å². The van der Waals surface area contributed by atoms with Gasteiger partial charge in [0.25, 0.3) is 5.91 Å². The number of carbonyl (C=O) groups is 1. The molecule has 0 saturated heterocycles. The highest BCUT2D eigenvalue weighted by Crippen LogP contribution is 2.12. The molecule has 86 valence electrons. The molecule has 2 N–H and O–H groups in total. The van der Waals surface area contributed by atoms with Crippen molar-refractivity contribution in [2.45, 2.75) is 18.6 Å². The van der Waals surface area contributed by atoms with E-state index in [0.29, 0.717) is 12.3 Å². The van der Waals surface area contributed by atoms with Crippen LogP contribution in [0.1, 0.15) is 5.56 Å². The number of hydrogen-bond acceptors (Lipinski definition) is 4. The average Bonchev–Trinajstić information content (AvgIpc) is 2.79. The highest BCUT2D eigenvalue weighted by molar-refractivity contribution is 6.04. The summed E-state index contributed by atoms with van der Waals surface area (Å²) in [6.07, 6.45) is 1.87. The molecule has 1 amide bonds. The zero-order valence-electron chi connectivity index (χ0n) is 9.13. The SMILES string of the molecule is O=C1NC(Cc2ccccc2)=NC2N=CNC12. The molecule has 0 radical (unpaired) electrons. The molecule has 2 aliphatic heterocycles. The Morgan fingerprint density at radius 1 is 1.24 bits per heavy atom. The number of aliphatic imine (C=N–C) groups is 2. The lowest BCUT2D eigenvalue weighted by atomic mass is 10.1. The molecular weight excluding hydrogens is 216 g/mol. The highest BCUT2D eigenvalue weighted by atomic mass is 16.2. The van der Waals surface area contributed by atoms with Crippen LogP contribution in [0.25, 0.3) is 0 Å². The number of fused-ring (bicyclic) bond motifs is 1. The van der Waals surface area contributed by atoms with Crippen LogP contribution in [-0.2, 0) is 11.2 Å². The molecule has 2 atom stereocenters. The van der Waals surface area contributed by atoms with Gasteiger partial charge >= 0.3 is 0 Å². The standard InChI is InChI=1S/C12H12N4O/c17-12-10-11(14-7-13-10)15-9(16-12)6-8-4-2-1-3-5-8/h1-5,7,10-11H,6H2,(H,13,14)(H,15,16,17). The van der Waals surface area contributed by atoms with Gasteiger partial charge in [-0.2, -0.15) is 0 Å². The zero-order chi connectivity index (χ0) is 11.7. The van der Waals surface area contributed by atoms with Crippen molar-refractivity contribution in [2.24, 2.45) is 9.98 Å². The minimum atomic E-state index is -0.338. The molecule has 0 fully saturated rings. The minimum absolute atomic E-state index is 0.0616. The number of amides is 1. The third-order valence-electron chi connectivity index (χ3n) is 2.83. The molecule has 1 aromatic carbocycles. The Balaban J connectivity index is 1.80. The first-order chi connectivity index (χ1) is 8.33. The first kappa shape index (κ1) is 10.0. The summed E-state index contributed by atoms with van der Waals surface area (Å²) in [7, 11) is 0. The lowest BCUT2D eigenvalue weighted by Crippen LogP contribution is -2.52. The largest absolute Gasteiger partial charge is 0.361 e. The number of amidine groups is 1. The summed E-state index contributed by atoms with van der Waals surface area (Å²) in [4.78, 5) is 20.3. The third-order valence-corrected chi connectivity index (χ3v) is 2.83. The first-order valence-electron chi connectivity index (χ1n) is 5.52. The van der Waals surface area contributed by atoms with E-state index in [1.165, 1.54) is 0 Å². The van der Waals surface area contributed by atoms with Crippen LogP contribution in [0.2, 0.25) is 0 Å². The van der Waals surface area contributed by atoms with E-state index in [0.717, 1.165) is 5.56 Å². The van der Waals surface area contributed by atoms with Crippen LogP contribution in [0.5, 0.6) is 0 Å².